The Morgan fingerprint density at radius 1 is 1.26 bits per heavy atom. The standard InChI is InChI=1S/C16H18F3N3O/c1-10-11(2)21-22-13(10)8-9-14(23)20-15(16(17,18)19)12-6-4-3-5-7-12/h3-7,15H,8-9H2,1-2H3,(H,20,23)(H,21,22)/t15-/m1/s1. The maximum absolute atomic E-state index is 13.2. The lowest BCUT2D eigenvalue weighted by atomic mass is 10.1. The van der Waals surface area contributed by atoms with E-state index in [-0.39, 0.29) is 12.0 Å². The highest BCUT2D eigenvalue weighted by atomic mass is 19.4. The van der Waals surface area contributed by atoms with E-state index in [1.54, 1.807) is 6.07 Å². The number of carbonyl (C=O) groups excluding carboxylic acids is 1. The van der Waals surface area contributed by atoms with Crippen LogP contribution in [0.1, 0.15) is 35.0 Å². The summed E-state index contributed by atoms with van der Waals surface area (Å²) in [6.45, 7) is 3.70. The van der Waals surface area contributed by atoms with Crippen molar-refractivity contribution in [3.8, 4) is 0 Å². The van der Waals surface area contributed by atoms with Crippen LogP contribution in [0.4, 0.5) is 13.2 Å². The Morgan fingerprint density at radius 2 is 1.91 bits per heavy atom. The summed E-state index contributed by atoms with van der Waals surface area (Å²) in [7, 11) is 0. The van der Waals surface area contributed by atoms with Gasteiger partial charge in [0.1, 0.15) is 0 Å². The molecule has 124 valence electrons. The highest BCUT2D eigenvalue weighted by Crippen LogP contribution is 2.32. The molecule has 0 bridgehead atoms. The van der Waals surface area contributed by atoms with E-state index in [2.05, 4.69) is 15.5 Å². The topological polar surface area (TPSA) is 57.8 Å². The van der Waals surface area contributed by atoms with Crippen LogP contribution in [0, 0.1) is 13.8 Å². The van der Waals surface area contributed by atoms with E-state index in [9.17, 15) is 18.0 Å². The number of hydrogen-bond donors (Lipinski definition) is 2. The number of aryl methyl sites for hydroxylation is 2. The Bertz CT molecular complexity index is 665. The summed E-state index contributed by atoms with van der Waals surface area (Å²) in [4.78, 5) is 11.9. The van der Waals surface area contributed by atoms with Gasteiger partial charge in [-0.15, -0.1) is 0 Å². The molecule has 0 saturated heterocycles. The number of aromatic amines is 1. The number of rotatable bonds is 5. The van der Waals surface area contributed by atoms with Crippen molar-refractivity contribution >= 4 is 5.91 Å². The van der Waals surface area contributed by atoms with E-state index in [0.29, 0.717) is 12.1 Å². The van der Waals surface area contributed by atoms with Gasteiger partial charge >= 0.3 is 6.18 Å². The van der Waals surface area contributed by atoms with E-state index in [1.165, 1.54) is 24.3 Å². The van der Waals surface area contributed by atoms with Crippen molar-refractivity contribution < 1.29 is 18.0 Å². The van der Waals surface area contributed by atoms with Crippen molar-refractivity contribution in [2.75, 3.05) is 0 Å². The predicted octanol–water partition coefficient (Wildman–Crippen LogP) is 3.38. The molecule has 2 aromatic rings. The third kappa shape index (κ3) is 4.34. The molecule has 1 heterocycles. The fourth-order valence-corrected chi connectivity index (χ4v) is 2.24. The predicted molar refractivity (Wildman–Crippen MR) is 79.8 cm³/mol. The molecule has 0 spiro atoms. The summed E-state index contributed by atoms with van der Waals surface area (Å²) in [5.74, 6) is -0.656. The number of amides is 1. The lowest BCUT2D eigenvalue weighted by Gasteiger charge is -2.22. The van der Waals surface area contributed by atoms with E-state index in [0.717, 1.165) is 11.3 Å². The largest absolute Gasteiger partial charge is 0.412 e. The van der Waals surface area contributed by atoms with Crippen LogP contribution in [-0.2, 0) is 11.2 Å². The second-order valence-corrected chi connectivity index (χ2v) is 5.37. The molecule has 0 aliphatic rings. The molecular weight excluding hydrogens is 307 g/mol. The zero-order chi connectivity index (χ0) is 17.0. The van der Waals surface area contributed by atoms with Gasteiger partial charge in [0.15, 0.2) is 6.04 Å². The van der Waals surface area contributed by atoms with E-state index in [4.69, 9.17) is 0 Å². The van der Waals surface area contributed by atoms with Gasteiger partial charge in [0.2, 0.25) is 5.91 Å². The van der Waals surface area contributed by atoms with Crippen molar-refractivity contribution in [3.63, 3.8) is 0 Å². The zero-order valence-electron chi connectivity index (χ0n) is 12.9. The molecule has 2 N–H and O–H groups in total. The molecule has 0 unspecified atom stereocenters. The van der Waals surface area contributed by atoms with Crippen LogP contribution in [0.15, 0.2) is 30.3 Å². The Kier molecular flexibility index (Phi) is 5.08. The quantitative estimate of drug-likeness (QED) is 0.885. The molecule has 0 radical (unpaired) electrons. The maximum atomic E-state index is 13.2. The van der Waals surface area contributed by atoms with Gasteiger partial charge in [-0.1, -0.05) is 30.3 Å². The average Bonchev–Trinajstić information content (AvgIpc) is 2.82. The SMILES string of the molecule is Cc1[nH]nc(CCC(=O)N[C@H](c2ccccc2)C(F)(F)F)c1C. The maximum Gasteiger partial charge on any atom is 0.412 e. The number of H-pyrrole nitrogens is 1. The number of hydrogen-bond acceptors (Lipinski definition) is 2. The lowest BCUT2D eigenvalue weighted by Crippen LogP contribution is -2.38. The molecule has 0 aliphatic heterocycles. The van der Waals surface area contributed by atoms with Gasteiger partial charge in [0, 0.05) is 18.5 Å². The van der Waals surface area contributed by atoms with Gasteiger partial charge in [0.05, 0.1) is 5.69 Å². The molecule has 2 rings (SSSR count). The Balaban J connectivity index is 2.02. The average molecular weight is 325 g/mol. The molecule has 23 heavy (non-hydrogen) atoms. The molecule has 0 aliphatic carbocycles. The Morgan fingerprint density at radius 3 is 2.43 bits per heavy atom. The van der Waals surface area contributed by atoms with Gasteiger partial charge in [-0.25, -0.2) is 0 Å². The van der Waals surface area contributed by atoms with Crippen LogP contribution in [0.5, 0.6) is 0 Å². The third-order valence-electron chi connectivity index (χ3n) is 3.71. The van der Waals surface area contributed by atoms with Crippen LogP contribution in [0.3, 0.4) is 0 Å². The first-order chi connectivity index (χ1) is 10.8. The number of alkyl halides is 3. The fraction of sp³-hybridized carbons (Fsp3) is 0.375. The Hall–Kier alpha value is -2.31. The molecule has 4 nitrogen and oxygen atoms in total. The van der Waals surface area contributed by atoms with E-state index < -0.39 is 18.1 Å². The van der Waals surface area contributed by atoms with E-state index >= 15 is 0 Å². The molecule has 1 atom stereocenters. The minimum atomic E-state index is -4.55. The molecule has 1 aromatic carbocycles. The minimum absolute atomic E-state index is 0.0140. The summed E-state index contributed by atoms with van der Waals surface area (Å²) >= 11 is 0. The third-order valence-corrected chi connectivity index (χ3v) is 3.71. The number of nitrogens with zero attached hydrogens (tertiary/aromatic N) is 1. The summed E-state index contributed by atoms with van der Waals surface area (Å²) in [5.41, 5.74) is 2.52. The molecule has 1 amide bonds. The molecule has 7 heteroatoms. The second-order valence-electron chi connectivity index (χ2n) is 5.37. The molecule has 1 aromatic heterocycles. The zero-order valence-corrected chi connectivity index (χ0v) is 12.9. The van der Waals surface area contributed by atoms with Crippen molar-refractivity contribution in [2.45, 2.75) is 38.9 Å². The molecular formula is C16H18F3N3O. The number of nitrogens with one attached hydrogen (secondary N) is 2. The summed E-state index contributed by atoms with van der Waals surface area (Å²) in [6, 6.07) is 5.34. The van der Waals surface area contributed by atoms with Crippen molar-refractivity contribution in [3.05, 3.63) is 52.8 Å². The normalized spacial score (nSPS) is 12.9. The van der Waals surface area contributed by atoms with Crippen molar-refractivity contribution in [2.24, 2.45) is 0 Å². The number of halogens is 3. The number of aromatic nitrogens is 2. The second kappa shape index (κ2) is 6.85. The summed E-state index contributed by atoms with van der Waals surface area (Å²) < 4.78 is 39.5. The van der Waals surface area contributed by atoms with Crippen LogP contribution >= 0.6 is 0 Å². The first-order valence-corrected chi connectivity index (χ1v) is 7.20. The molecule has 0 saturated carbocycles. The van der Waals surface area contributed by atoms with Gasteiger partial charge in [-0.3, -0.25) is 9.89 Å². The highest BCUT2D eigenvalue weighted by Gasteiger charge is 2.41. The van der Waals surface area contributed by atoms with Crippen molar-refractivity contribution in [1.29, 1.82) is 0 Å². The lowest BCUT2D eigenvalue weighted by molar-refractivity contribution is -0.163. The van der Waals surface area contributed by atoms with Gasteiger partial charge in [-0.2, -0.15) is 18.3 Å². The minimum Gasteiger partial charge on any atom is -0.341 e. The first-order valence-electron chi connectivity index (χ1n) is 7.20. The van der Waals surface area contributed by atoms with Gasteiger partial charge in [-0.05, 0) is 25.0 Å². The first kappa shape index (κ1) is 17.1. The highest BCUT2D eigenvalue weighted by molar-refractivity contribution is 5.76. The van der Waals surface area contributed by atoms with Crippen LogP contribution in [0.25, 0.3) is 0 Å². The van der Waals surface area contributed by atoms with Crippen molar-refractivity contribution in [1.82, 2.24) is 15.5 Å². The summed E-state index contributed by atoms with van der Waals surface area (Å²) in [6.07, 6.45) is -4.30. The smallest absolute Gasteiger partial charge is 0.341 e. The molecule has 0 fully saturated rings. The van der Waals surface area contributed by atoms with Crippen LogP contribution in [0.2, 0.25) is 0 Å². The van der Waals surface area contributed by atoms with E-state index in [1.807, 2.05) is 13.8 Å². The number of benzene rings is 1. The summed E-state index contributed by atoms with van der Waals surface area (Å²) in [5, 5.41) is 8.90. The van der Waals surface area contributed by atoms with Crippen LogP contribution in [-0.4, -0.2) is 22.3 Å². The van der Waals surface area contributed by atoms with Gasteiger partial charge in [0.25, 0.3) is 0 Å². The van der Waals surface area contributed by atoms with Crippen LogP contribution < -0.4 is 5.32 Å². The monoisotopic (exact) mass is 325 g/mol. The fourth-order valence-electron chi connectivity index (χ4n) is 2.24. The van der Waals surface area contributed by atoms with Gasteiger partial charge < -0.3 is 5.32 Å². The number of carbonyl (C=O) groups is 1. The Labute approximate surface area is 132 Å².